The first-order chi connectivity index (χ1) is 9.61. The van der Waals surface area contributed by atoms with Gasteiger partial charge in [-0.1, -0.05) is 0 Å². The number of carbonyl (C=O) groups excluding carboxylic acids is 1. The van der Waals surface area contributed by atoms with Crippen LogP contribution in [0, 0.1) is 17.8 Å². The Morgan fingerprint density at radius 1 is 1.05 bits per heavy atom. The van der Waals surface area contributed by atoms with Crippen molar-refractivity contribution in [2.75, 3.05) is 13.1 Å². The Bertz CT molecular complexity index is 373. The quantitative estimate of drug-likeness (QED) is 0.715. The summed E-state index contributed by atoms with van der Waals surface area (Å²) in [4.78, 5) is 25.3. The molecule has 1 atom stereocenters. The zero-order valence-corrected chi connectivity index (χ0v) is 11.9. The zero-order chi connectivity index (χ0) is 14.1. The van der Waals surface area contributed by atoms with Crippen molar-refractivity contribution >= 4 is 12.0 Å². The van der Waals surface area contributed by atoms with Crippen LogP contribution in [-0.4, -0.2) is 41.1 Å². The minimum atomic E-state index is -0.821. The largest absolute Gasteiger partial charge is 0.481 e. The predicted octanol–water partition coefficient (Wildman–Crippen LogP) is 2.07. The lowest BCUT2D eigenvalue weighted by molar-refractivity contribution is -0.137. The number of carbonyl (C=O) groups is 2. The van der Waals surface area contributed by atoms with Crippen LogP contribution in [0.3, 0.4) is 0 Å². The van der Waals surface area contributed by atoms with Crippen LogP contribution >= 0.6 is 0 Å². The standard InChI is InChI=1S/C15H24N2O3/c18-14(19)7-13(12-5-6-12)16-15(20)17(8-10-1-2-10)9-11-3-4-11/h10-13H,1-9H2,(H,16,20)(H,18,19). The fourth-order valence-electron chi connectivity index (χ4n) is 2.74. The molecule has 3 aliphatic rings. The van der Waals surface area contributed by atoms with Crippen LogP contribution in [0.15, 0.2) is 0 Å². The van der Waals surface area contributed by atoms with E-state index in [-0.39, 0.29) is 18.5 Å². The van der Waals surface area contributed by atoms with E-state index < -0.39 is 5.97 Å². The molecule has 0 aromatic heterocycles. The summed E-state index contributed by atoms with van der Waals surface area (Å²) in [7, 11) is 0. The Labute approximate surface area is 119 Å². The number of nitrogens with one attached hydrogen (secondary N) is 1. The van der Waals surface area contributed by atoms with Gasteiger partial charge in [-0.25, -0.2) is 4.79 Å². The van der Waals surface area contributed by atoms with Crippen LogP contribution in [0.5, 0.6) is 0 Å². The minimum absolute atomic E-state index is 0.0399. The third kappa shape index (κ3) is 4.12. The molecule has 3 aliphatic carbocycles. The Kier molecular flexibility index (Phi) is 3.85. The van der Waals surface area contributed by atoms with Gasteiger partial charge in [0.05, 0.1) is 6.42 Å². The van der Waals surface area contributed by atoms with E-state index in [9.17, 15) is 9.59 Å². The lowest BCUT2D eigenvalue weighted by Crippen LogP contribution is -2.47. The van der Waals surface area contributed by atoms with Gasteiger partial charge in [0.25, 0.3) is 0 Å². The first kappa shape index (κ1) is 13.7. The van der Waals surface area contributed by atoms with Crippen molar-refractivity contribution in [3.8, 4) is 0 Å². The van der Waals surface area contributed by atoms with Gasteiger partial charge >= 0.3 is 12.0 Å². The third-order valence-corrected chi connectivity index (χ3v) is 4.53. The lowest BCUT2D eigenvalue weighted by Gasteiger charge is -2.26. The van der Waals surface area contributed by atoms with Gasteiger partial charge in [-0.05, 0) is 56.3 Å². The SMILES string of the molecule is O=C(O)CC(NC(=O)N(CC1CC1)CC1CC1)C1CC1. The second-order valence-electron chi connectivity index (χ2n) is 6.78. The van der Waals surface area contributed by atoms with Crippen LogP contribution in [0.1, 0.15) is 44.9 Å². The highest BCUT2D eigenvalue weighted by Gasteiger charge is 2.36. The predicted molar refractivity (Wildman–Crippen MR) is 74.3 cm³/mol. The fourth-order valence-corrected chi connectivity index (χ4v) is 2.74. The number of nitrogens with zero attached hydrogens (tertiary/aromatic N) is 1. The molecule has 5 nitrogen and oxygen atoms in total. The van der Waals surface area contributed by atoms with Gasteiger partial charge in [0.15, 0.2) is 0 Å². The number of carboxylic acid groups (broad SMARTS) is 1. The van der Waals surface area contributed by atoms with Crippen molar-refractivity contribution in [1.29, 1.82) is 0 Å². The van der Waals surface area contributed by atoms with Crippen LogP contribution < -0.4 is 5.32 Å². The Balaban J connectivity index is 1.53. The Morgan fingerprint density at radius 2 is 1.60 bits per heavy atom. The summed E-state index contributed by atoms with van der Waals surface area (Å²) in [5.74, 6) is 0.911. The highest BCUT2D eigenvalue weighted by Crippen LogP contribution is 2.35. The van der Waals surface area contributed by atoms with Crippen molar-refractivity contribution in [3.63, 3.8) is 0 Å². The second kappa shape index (κ2) is 5.62. The molecule has 3 fully saturated rings. The van der Waals surface area contributed by atoms with E-state index in [0.717, 1.165) is 25.9 Å². The van der Waals surface area contributed by atoms with Crippen molar-refractivity contribution in [2.24, 2.45) is 17.8 Å². The number of carboxylic acids is 1. The summed E-state index contributed by atoms with van der Waals surface area (Å²) in [6.45, 7) is 1.71. The Morgan fingerprint density at radius 3 is 2.00 bits per heavy atom. The number of aliphatic carboxylic acids is 1. The number of amides is 2. The van der Waals surface area contributed by atoms with Crippen LogP contribution in [0.2, 0.25) is 0 Å². The van der Waals surface area contributed by atoms with E-state index in [4.69, 9.17) is 5.11 Å². The van der Waals surface area contributed by atoms with Gasteiger partial charge in [-0.2, -0.15) is 0 Å². The van der Waals surface area contributed by atoms with Crippen molar-refractivity contribution in [3.05, 3.63) is 0 Å². The van der Waals surface area contributed by atoms with Crippen LogP contribution in [0.4, 0.5) is 4.79 Å². The van der Waals surface area contributed by atoms with E-state index in [1.807, 2.05) is 4.90 Å². The molecule has 0 aromatic rings. The molecular weight excluding hydrogens is 256 g/mol. The average molecular weight is 280 g/mol. The van der Waals surface area contributed by atoms with Gasteiger partial charge in [0, 0.05) is 19.1 Å². The molecule has 5 heteroatoms. The Hall–Kier alpha value is -1.26. The average Bonchev–Trinajstić information content (AvgIpc) is 3.25. The molecule has 0 aromatic carbocycles. The van der Waals surface area contributed by atoms with Gasteiger partial charge in [-0.3, -0.25) is 4.79 Å². The van der Waals surface area contributed by atoms with E-state index in [2.05, 4.69) is 5.32 Å². The highest BCUT2D eigenvalue weighted by molar-refractivity contribution is 5.76. The third-order valence-electron chi connectivity index (χ3n) is 4.53. The zero-order valence-electron chi connectivity index (χ0n) is 11.9. The second-order valence-corrected chi connectivity index (χ2v) is 6.78. The van der Waals surface area contributed by atoms with E-state index in [0.29, 0.717) is 17.8 Å². The maximum atomic E-state index is 12.4. The summed E-state index contributed by atoms with van der Waals surface area (Å²) >= 11 is 0. The number of urea groups is 1. The molecule has 20 heavy (non-hydrogen) atoms. The fraction of sp³-hybridized carbons (Fsp3) is 0.867. The maximum Gasteiger partial charge on any atom is 0.317 e. The maximum absolute atomic E-state index is 12.4. The highest BCUT2D eigenvalue weighted by atomic mass is 16.4. The van der Waals surface area contributed by atoms with Gasteiger partial charge < -0.3 is 15.3 Å². The molecule has 3 rings (SSSR count). The van der Waals surface area contributed by atoms with E-state index in [1.54, 1.807) is 0 Å². The first-order valence-electron chi connectivity index (χ1n) is 7.89. The van der Waals surface area contributed by atoms with E-state index >= 15 is 0 Å². The molecule has 0 heterocycles. The summed E-state index contributed by atoms with van der Waals surface area (Å²) < 4.78 is 0. The summed E-state index contributed by atoms with van der Waals surface area (Å²) in [5, 5.41) is 11.9. The molecule has 2 N–H and O–H groups in total. The van der Waals surface area contributed by atoms with Crippen LogP contribution in [0.25, 0.3) is 0 Å². The molecule has 0 radical (unpaired) electrons. The summed E-state index contributed by atoms with van der Waals surface area (Å²) in [6, 6.07) is -0.220. The number of hydrogen-bond acceptors (Lipinski definition) is 2. The van der Waals surface area contributed by atoms with Crippen molar-refractivity contribution in [2.45, 2.75) is 51.0 Å². The van der Waals surface area contributed by atoms with Gasteiger partial charge in [-0.15, -0.1) is 0 Å². The van der Waals surface area contributed by atoms with Gasteiger partial charge in [0.1, 0.15) is 0 Å². The minimum Gasteiger partial charge on any atom is -0.481 e. The summed E-state index contributed by atoms with van der Waals surface area (Å²) in [6.07, 6.45) is 7.07. The molecule has 0 bridgehead atoms. The monoisotopic (exact) mass is 280 g/mol. The topological polar surface area (TPSA) is 69.6 Å². The lowest BCUT2D eigenvalue weighted by atomic mass is 10.1. The first-order valence-corrected chi connectivity index (χ1v) is 7.89. The molecule has 0 spiro atoms. The van der Waals surface area contributed by atoms with Gasteiger partial charge in [0.2, 0.25) is 0 Å². The van der Waals surface area contributed by atoms with Crippen LogP contribution in [-0.2, 0) is 4.79 Å². The molecule has 112 valence electrons. The molecular formula is C15H24N2O3. The molecule has 0 aliphatic heterocycles. The van der Waals surface area contributed by atoms with E-state index in [1.165, 1.54) is 25.7 Å². The van der Waals surface area contributed by atoms with Crippen molar-refractivity contribution < 1.29 is 14.7 Å². The number of rotatable bonds is 8. The molecule has 1 unspecified atom stereocenters. The molecule has 2 amide bonds. The summed E-state index contributed by atoms with van der Waals surface area (Å²) in [5.41, 5.74) is 0. The normalized spacial score (nSPS) is 23.2. The smallest absolute Gasteiger partial charge is 0.317 e. The van der Waals surface area contributed by atoms with Crippen molar-refractivity contribution in [1.82, 2.24) is 10.2 Å². The molecule has 0 saturated heterocycles. The number of hydrogen-bond donors (Lipinski definition) is 2. The molecule has 3 saturated carbocycles.